The summed E-state index contributed by atoms with van der Waals surface area (Å²) in [7, 11) is 0.286. The monoisotopic (exact) mass is 322 g/mol. The first-order valence-electron chi connectivity index (χ1n) is 6.75. The molecule has 0 heterocycles. The molecular weight excluding hydrogens is 301 g/mol. The molecule has 0 aromatic heterocycles. The summed E-state index contributed by atoms with van der Waals surface area (Å²) in [6.07, 6.45) is 0.902. The van der Waals surface area contributed by atoms with Crippen molar-refractivity contribution in [2.75, 3.05) is 14.2 Å². The molecule has 0 aliphatic heterocycles. The Bertz CT molecular complexity index is 442. The van der Waals surface area contributed by atoms with E-state index in [2.05, 4.69) is 0 Å². The van der Waals surface area contributed by atoms with E-state index in [1.807, 2.05) is 13.8 Å². The highest BCUT2D eigenvalue weighted by atomic mass is 28.4. The minimum atomic E-state index is -2.76. The van der Waals surface area contributed by atoms with E-state index >= 15 is 0 Å². The molecule has 0 saturated heterocycles. The average Bonchev–Trinajstić information content (AvgIpc) is 2.43. The standard InChI is InChI=1S/C14H21F3O3Si/c1-10(2)20-21(18-3,19-4)7-5-6-11-8-12(15)14(17)13(16)9-11/h8-10H,5-7H2,1-4H3. The van der Waals surface area contributed by atoms with Crippen molar-refractivity contribution in [3.05, 3.63) is 35.1 Å². The Hall–Kier alpha value is -0.893. The summed E-state index contributed by atoms with van der Waals surface area (Å²) >= 11 is 0. The third kappa shape index (κ3) is 5.10. The maximum absolute atomic E-state index is 13.1. The van der Waals surface area contributed by atoms with Crippen LogP contribution in [0.25, 0.3) is 0 Å². The molecule has 0 bridgehead atoms. The van der Waals surface area contributed by atoms with Crippen LogP contribution in [0.15, 0.2) is 12.1 Å². The van der Waals surface area contributed by atoms with Crippen LogP contribution >= 0.6 is 0 Å². The molecule has 21 heavy (non-hydrogen) atoms. The molecule has 0 aliphatic rings. The predicted molar refractivity (Wildman–Crippen MR) is 75.4 cm³/mol. The van der Waals surface area contributed by atoms with Crippen LogP contribution in [0.5, 0.6) is 0 Å². The Labute approximate surface area is 124 Å². The normalized spacial score (nSPS) is 12.2. The Morgan fingerprint density at radius 1 is 1.05 bits per heavy atom. The molecular formula is C14H21F3O3Si. The zero-order chi connectivity index (χ0) is 16.0. The first-order chi connectivity index (χ1) is 9.83. The second-order valence-electron chi connectivity index (χ2n) is 4.98. The van der Waals surface area contributed by atoms with Gasteiger partial charge in [0, 0.05) is 26.4 Å². The zero-order valence-corrected chi connectivity index (χ0v) is 13.7. The van der Waals surface area contributed by atoms with Gasteiger partial charge in [0.25, 0.3) is 0 Å². The third-order valence-electron chi connectivity index (χ3n) is 3.03. The van der Waals surface area contributed by atoms with E-state index in [-0.39, 0.29) is 6.10 Å². The summed E-state index contributed by atoms with van der Waals surface area (Å²) < 4.78 is 55.6. The van der Waals surface area contributed by atoms with Crippen LogP contribution in [-0.2, 0) is 19.7 Å². The van der Waals surface area contributed by atoms with Crippen molar-refractivity contribution in [2.45, 2.75) is 38.8 Å². The highest BCUT2D eigenvalue weighted by molar-refractivity contribution is 6.60. The minimum Gasteiger partial charge on any atom is -0.377 e. The number of aryl methyl sites for hydroxylation is 1. The average molecular weight is 322 g/mol. The van der Waals surface area contributed by atoms with Gasteiger partial charge in [-0.05, 0) is 44.4 Å². The van der Waals surface area contributed by atoms with Crippen LogP contribution in [0.3, 0.4) is 0 Å². The van der Waals surface area contributed by atoms with Crippen LogP contribution in [0.2, 0.25) is 6.04 Å². The summed E-state index contributed by atoms with van der Waals surface area (Å²) in [6.45, 7) is 3.76. The smallest absolute Gasteiger partial charge is 0.377 e. The second kappa shape index (κ2) is 7.93. The van der Waals surface area contributed by atoms with E-state index in [0.29, 0.717) is 24.4 Å². The topological polar surface area (TPSA) is 27.7 Å². The molecule has 7 heteroatoms. The quantitative estimate of drug-likeness (QED) is 0.539. The Kier molecular flexibility index (Phi) is 6.86. The van der Waals surface area contributed by atoms with E-state index < -0.39 is 26.3 Å². The van der Waals surface area contributed by atoms with Crippen molar-refractivity contribution in [2.24, 2.45) is 0 Å². The van der Waals surface area contributed by atoms with Gasteiger partial charge in [-0.2, -0.15) is 0 Å². The van der Waals surface area contributed by atoms with Gasteiger partial charge in [-0.15, -0.1) is 0 Å². The molecule has 0 atom stereocenters. The molecule has 1 aromatic carbocycles. The van der Waals surface area contributed by atoms with Gasteiger partial charge < -0.3 is 13.3 Å². The molecule has 1 rings (SSSR count). The van der Waals surface area contributed by atoms with Crippen molar-refractivity contribution in [1.82, 2.24) is 0 Å². The SMILES string of the molecule is CO[Si](CCCc1cc(F)c(F)c(F)c1)(OC)OC(C)C. The van der Waals surface area contributed by atoms with Crippen molar-refractivity contribution >= 4 is 8.80 Å². The lowest BCUT2D eigenvalue weighted by molar-refractivity contribution is 0.0695. The van der Waals surface area contributed by atoms with Gasteiger partial charge in [-0.25, -0.2) is 13.2 Å². The number of halogens is 3. The first kappa shape index (κ1) is 18.2. The number of hydrogen-bond donors (Lipinski definition) is 0. The van der Waals surface area contributed by atoms with E-state index in [4.69, 9.17) is 13.3 Å². The summed E-state index contributed by atoms with van der Waals surface area (Å²) in [5.41, 5.74) is 0.394. The van der Waals surface area contributed by atoms with Crippen LogP contribution in [0, 0.1) is 17.5 Å². The summed E-state index contributed by atoms with van der Waals surface area (Å²) in [5, 5.41) is 0. The molecule has 3 nitrogen and oxygen atoms in total. The largest absolute Gasteiger partial charge is 0.500 e. The van der Waals surface area contributed by atoms with E-state index in [0.717, 1.165) is 12.1 Å². The molecule has 120 valence electrons. The highest BCUT2D eigenvalue weighted by Gasteiger charge is 2.39. The molecule has 0 radical (unpaired) electrons. The lowest BCUT2D eigenvalue weighted by atomic mass is 10.1. The maximum atomic E-state index is 13.1. The Morgan fingerprint density at radius 3 is 2.00 bits per heavy atom. The van der Waals surface area contributed by atoms with E-state index in [9.17, 15) is 13.2 Å². The summed E-state index contributed by atoms with van der Waals surface area (Å²) in [6, 6.07) is 2.52. The Morgan fingerprint density at radius 2 is 1.57 bits per heavy atom. The zero-order valence-electron chi connectivity index (χ0n) is 12.7. The molecule has 0 unspecified atom stereocenters. The fraction of sp³-hybridized carbons (Fsp3) is 0.571. The lowest BCUT2D eigenvalue weighted by Crippen LogP contribution is -2.45. The first-order valence-corrected chi connectivity index (χ1v) is 8.68. The van der Waals surface area contributed by atoms with Crippen molar-refractivity contribution < 1.29 is 26.4 Å². The number of benzene rings is 1. The summed E-state index contributed by atoms with van der Waals surface area (Å²) in [4.78, 5) is 0. The van der Waals surface area contributed by atoms with Crippen LogP contribution in [-0.4, -0.2) is 29.1 Å². The van der Waals surface area contributed by atoms with E-state index in [1.54, 1.807) is 0 Å². The van der Waals surface area contributed by atoms with Crippen molar-refractivity contribution in [1.29, 1.82) is 0 Å². The predicted octanol–water partition coefficient (Wildman–Crippen LogP) is 3.69. The summed E-state index contributed by atoms with van der Waals surface area (Å²) in [5.74, 6) is -3.80. The number of hydrogen-bond acceptors (Lipinski definition) is 3. The second-order valence-corrected chi connectivity index (χ2v) is 7.90. The van der Waals surface area contributed by atoms with Crippen LogP contribution in [0.1, 0.15) is 25.8 Å². The van der Waals surface area contributed by atoms with Crippen LogP contribution in [0.4, 0.5) is 13.2 Å². The molecule has 0 fully saturated rings. The van der Waals surface area contributed by atoms with E-state index in [1.165, 1.54) is 14.2 Å². The molecule has 0 aliphatic carbocycles. The molecule has 0 amide bonds. The van der Waals surface area contributed by atoms with Gasteiger partial charge in [-0.1, -0.05) is 0 Å². The molecule has 0 N–H and O–H groups in total. The maximum Gasteiger partial charge on any atom is 0.500 e. The van der Waals surface area contributed by atoms with Gasteiger partial charge >= 0.3 is 8.80 Å². The third-order valence-corrected chi connectivity index (χ3v) is 6.07. The molecule has 0 spiro atoms. The van der Waals surface area contributed by atoms with Crippen molar-refractivity contribution in [3.63, 3.8) is 0 Å². The van der Waals surface area contributed by atoms with Gasteiger partial charge in [0.15, 0.2) is 17.5 Å². The molecule has 0 saturated carbocycles. The number of rotatable bonds is 8. The van der Waals surface area contributed by atoms with Gasteiger partial charge in [0.05, 0.1) is 0 Å². The molecule has 1 aromatic rings. The van der Waals surface area contributed by atoms with Crippen molar-refractivity contribution in [3.8, 4) is 0 Å². The fourth-order valence-electron chi connectivity index (χ4n) is 2.06. The minimum absolute atomic E-state index is 0.0442. The van der Waals surface area contributed by atoms with Gasteiger partial charge in [-0.3, -0.25) is 0 Å². The van der Waals surface area contributed by atoms with Gasteiger partial charge in [0.2, 0.25) is 0 Å². The highest BCUT2D eigenvalue weighted by Crippen LogP contribution is 2.21. The Balaban J connectivity index is 2.66. The fourth-order valence-corrected chi connectivity index (χ4v) is 4.28. The van der Waals surface area contributed by atoms with Gasteiger partial charge in [0.1, 0.15) is 0 Å². The van der Waals surface area contributed by atoms with Crippen LogP contribution < -0.4 is 0 Å². The lowest BCUT2D eigenvalue weighted by Gasteiger charge is -2.28.